The van der Waals surface area contributed by atoms with Crippen molar-refractivity contribution >= 4 is 41.6 Å². The zero-order valence-corrected chi connectivity index (χ0v) is 18.1. The fourth-order valence-corrected chi connectivity index (χ4v) is 22.7. The Bertz CT molecular complexity index is 324. The van der Waals surface area contributed by atoms with Gasteiger partial charge in [0.05, 0.1) is 0 Å². The van der Waals surface area contributed by atoms with E-state index in [0.717, 1.165) is 0 Å². The Kier molecular flexibility index (Phi) is 5.26. The van der Waals surface area contributed by atoms with Crippen LogP contribution >= 0.6 is 13.8 Å². The SMILES string of the molecule is CC(C)(C)N[P+]1([Se-])N(C(C)(C)C)[PH+]([S-])N1C(C)(C)C. The van der Waals surface area contributed by atoms with Crippen LogP contribution in [0.25, 0.3) is 0 Å². The Balaban J connectivity index is 3.17. The Hall–Kier alpha value is 1.61. The monoisotopic (exact) mass is 389 g/mol. The van der Waals surface area contributed by atoms with Crippen molar-refractivity contribution in [2.24, 2.45) is 0 Å². The molecule has 0 bridgehead atoms. The average molecular weight is 388 g/mol. The Labute approximate surface area is 134 Å². The number of rotatable bonds is 1. The second kappa shape index (κ2) is 5.36. The maximum absolute atomic E-state index is 5.87. The van der Waals surface area contributed by atoms with Crippen molar-refractivity contribution in [3.63, 3.8) is 0 Å². The van der Waals surface area contributed by atoms with Crippen LogP contribution in [0.3, 0.4) is 0 Å². The standard InChI is InChI=1S/C12H29N3P2SSe/c1-10(2,3)13-17(19)14(11(4,5)6)16(18)15(17)12(7,8)9/h16H,1-9H3,(H,13,19). The van der Waals surface area contributed by atoms with Crippen LogP contribution < -0.4 is 5.09 Å². The van der Waals surface area contributed by atoms with Crippen molar-refractivity contribution in [2.45, 2.75) is 78.9 Å². The molecule has 0 aromatic rings. The van der Waals surface area contributed by atoms with Gasteiger partial charge in [-0.3, -0.25) is 0 Å². The first-order valence-electron chi connectivity index (χ1n) is 6.65. The predicted molar refractivity (Wildman–Crippen MR) is 94.4 cm³/mol. The summed E-state index contributed by atoms with van der Waals surface area (Å²) in [7, 11) is -1.06. The normalized spacial score (nSPS) is 31.4. The molecule has 0 saturated carbocycles. The van der Waals surface area contributed by atoms with Crippen molar-refractivity contribution in [1.29, 1.82) is 0 Å². The van der Waals surface area contributed by atoms with Gasteiger partial charge in [0.15, 0.2) is 0 Å². The van der Waals surface area contributed by atoms with E-state index in [4.69, 9.17) is 12.2 Å². The van der Waals surface area contributed by atoms with Gasteiger partial charge in [0.1, 0.15) is 0 Å². The molecular formula is C12H29N3P2SSe. The molecule has 19 heavy (non-hydrogen) atoms. The quantitative estimate of drug-likeness (QED) is 0.417. The zero-order valence-electron chi connectivity index (χ0n) is 13.7. The van der Waals surface area contributed by atoms with E-state index in [-0.39, 0.29) is 16.6 Å². The first kappa shape index (κ1) is 18.7. The van der Waals surface area contributed by atoms with Gasteiger partial charge in [-0.1, -0.05) is 0 Å². The van der Waals surface area contributed by atoms with E-state index in [1.807, 2.05) is 0 Å². The van der Waals surface area contributed by atoms with E-state index in [9.17, 15) is 0 Å². The van der Waals surface area contributed by atoms with Crippen LogP contribution in [0.4, 0.5) is 0 Å². The molecule has 0 spiro atoms. The third-order valence-corrected chi connectivity index (χ3v) is 17.3. The van der Waals surface area contributed by atoms with Crippen molar-refractivity contribution in [3.8, 4) is 0 Å². The molecule has 1 aliphatic rings. The number of hydrogen-bond acceptors (Lipinski definition) is 4. The van der Waals surface area contributed by atoms with Crippen LogP contribution in [-0.2, 0) is 12.2 Å². The van der Waals surface area contributed by atoms with E-state index >= 15 is 0 Å². The molecule has 0 aromatic carbocycles. The molecule has 0 amide bonds. The summed E-state index contributed by atoms with van der Waals surface area (Å²) >= 11 is 9.37. The second-order valence-corrected chi connectivity index (χ2v) is 16.8. The van der Waals surface area contributed by atoms with E-state index < -0.39 is 13.8 Å². The first-order valence-corrected chi connectivity index (χ1v) is 13.1. The summed E-state index contributed by atoms with van der Waals surface area (Å²) in [5.74, 6) is 0. The summed E-state index contributed by atoms with van der Waals surface area (Å²) in [4.78, 5) is 0. The molecule has 114 valence electrons. The molecule has 0 unspecified atom stereocenters. The average Bonchev–Trinajstić information content (AvgIpc) is 1.90. The minimum atomic E-state index is -1.65. The maximum atomic E-state index is 5.87. The summed E-state index contributed by atoms with van der Waals surface area (Å²) in [5.41, 5.74) is 0.286. The molecule has 3 nitrogen and oxygen atoms in total. The molecular weight excluding hydrogens is 359 g/mol. The summed E-state index contributed by atoms with van der Waals surface area (Å²) in [6.45, 7) is 20.3. The number of nitrogens with one attached hydrogen (secondary N) is 1. The first-order chi connectivity index (χ1) is 8.11. The fourth-order valence-electron chi connectivity index (χ4n) is 2.30. The summed E-state index contributed by atoms with van der Waals surface area (Å²) < 4.78 is 5.10. The second-order valence-electron chi connectivity index (χ2n) is 8.15. The van der Waals surface area contributed by atoms with Crippen LogP contribution in [0.15, 0.2) is 0 Å². The van der Waals surface area contributed by atoms with Gasteiger partial charge in [-0.2, -0.15) is 0 Å². The van der Waals surface area contributed by atoms with Gasteiger partial charge in [-0.15, -0.1) is 0 Å². The van der Waals surface area contributed by atoms with Gasteiger partial charge in [-0.25, -0.2) is 0 Å². The van der Waals surface area contributed by atoms with Crippen molar-refractivity contribution in [2.75, 3.05) is 0 Å². The molecule has 1 fully saturated rings. The van der Waals surface area contributed by atoms with E-state index in [1.54, 1.807) is 0 Å². The molecule has 1 saturated heterocycles. The predicted octanol–water partition coefficient (Wildman–Crippen LogP) is 3.94. The Morgan fingerprint density at radius 2 is 1.21 bits per heavy atom. The molecule has 1 aliphatic heterocycles. The van der Waals surface area contributed by atoms with Gasteiger partial charge < -0.3 is 0 Å². The number of hydrogen-bond donors (Lipinski definition) is 1. The van der Waals surface area contributed by atoms with E-state index in [2.05, 4.69) is 91.9 Å². The van der Waals surface area contributed by atoms with E-state index in [1.165, 1.54) is 0 Å². The summed E-state index contributed by atoms with van der Waals surface area (Å²) in [6.07, 6.45) is -1.65. The molecule has 1 rings (SSSR count). The van der Waals surface area contributed by atoms with Gasteiger partial charge in [0.2, 0.25) is 0 Å². The number of nitrogens with zero attached hydrogens (tertiary/aromatic N) is 2. The van der Waals surface area contributed by atoms with Crippen LogP contribution in [0.5, 0.6) is 0 Å². The van der Waals surface area contributed by atoms with Crippen LogP contribution in [-0.4, -0.2) is 41.1 Å². The topological polar surface area (TPSA) is 18.5 Å². The molecule has 0 atom stereocenters. The Morgan fingerprint density at radius 3 is 1.42 bits per heavy atom. The fraction of sp³-hybridized carbons (Fsp3) is 1.00. The molecule has 0 aromatic heterocycles. The molecule has 0 aliphatic carbocycles. The molecule has 1 N–H and O–H groups in total. The van der Waals surface area contributed by atoms with Crippen molar-refractivity contribution in [3.05, 3.63) is 0 Å². The molecule has 7 heteroatoms. The van der Waals surface area contributed by atoms with Crippen LogP contribution in [0.1, 0.15) is 62.3 Å². The third-order valence-electron chi connectivity index (χ3n) is 2.66. The zero-order chi connectivity index (χ0) is 15.4. The van der Waals surface area contributed by atoms with E-state index in [0.29, 0.717) is 0 Å². The molecule has 1 heterocycles. The summed E-state index contributed by atoms with van der Waals surface area (Å²) in [5, 5.41) is 3.84. The van der Waals surface area contributed by atoms with Gasteiger partial charge in [0.25, 0.3) is 0 Å². The van der Waals surface area contributed by atoms with Gasteiger partial charge in [-0.05, 0) is 0 Å². The minimum absolute atomic E-state index is 0.0733. The van der Waals surface area contributed by atoms with Crippen LogP contribution in [0, 0.1) is 0 Å². The summed E-state index contributed by atoms with van der Waals surface area (Å²) in [6, 6.07) is 0. The third kappa shape index (κ3) is 3.88. The van der Waals surface area contributed by atoms with Crippen LogP contribution in [0.2, 0.25) is 0 Å². The van der Waals surface area contributed by atoms with Crippen molar-refractivity contribution < 1.29 is 0 Å². The van der Waals surface area contributed by atoms with Crippen molar-refractivity contribution in [1.82, 2.24) is 14.0 Å². The van der Waals surface area contributed by atoms with Gasteiger partial charge in [0, 0.05) is 0 Å². The molecule has 0 radical (unpaired) electrons. The Morgan fingerprint density at radius 1 is 0.895 bits per heavy atom. The van der Waals surface area contributed by atoms with Gasteiger partial charge >= 0.3 is 135 Å².